The molecule has 2 heterocycles. The topological polar surface area (TPSA) is 72.9 Å². The molecule has 0 amide bonds. The van der Waals surface area contributed by atoms with Crippen LogP contribution in [0.3, 0.4) is 0 Å². The van der Waals surface area contributed by atoms with Crippen LogP contribution in [0.25, 0.3) is 5.82 Å². The van der Waals surface area contributed by atoms with Gasteiger partial charge in [-0.2, -0.15) is 0 Å². The maximum Gasteiger partial charge on any atom is 0.333 e. The highest BCUT2D eigenvalue weighted by Crippen LogP contribution is 2.03. The first-order valence-electron chi connectivity index (χ1n) is 4.81. The third kappa shape index (κ3) is 1.63. The van der Waals surface area contributed by atoms with Gasteiger partial charge in [0.05, 0.1) is 12.3 Å². The van der Waals surface area contributed by atoms with Crippen LogP contribution in [-0.2, 0) is 13.7 Å². The Kier molecular flexibility index (Phi) is 2.57. The zero-order valence-electron chi connectivity index (χ0n) is 9.08. The van der Waals surface area contributed by atoms with E-state index < -0.39 is 0 Å². The molecule has 2 aromatic heterocycles. The van der Waals surface area contributed by atoms with E-state index in [4.69, 9.17) is 5.11 Å². The second-order valence-corrected chi connectivity index (χ2v) is 3.45. The number of rotatable bonds is 2. The molecule has 0 fully saturated rings. The van der Waals surface area contributed by atoms with Gasteiger partial charge in [-0.05, 0) is 13.0 Å². The summed E-state index contributed by atoms with van der Waals surface area (Å²) in [7, 11) is 1.61. The number of aromatic nitrogens is 4. The fraction of sp³-hybridized carbons (Fsp3) is 0.300. The molecule has 0 spiro atoms. The maximum absolute atomic E-state index is 11.8. The Balaban J connectivity index is 2.61. The number of aliphatic hydroxyl groups excluding tert-OH is 1. The van der Waals surface area contributed by atoms with Gasteiger partial charge in [0.25, 0.3) is 0 Å². The molecular weight excluding hydrogens is 208 g/mol. The van der Waals surface area contributed by atoms with Crippen LogP contribution in [0.1, 0.15) is 11.5 Å². The maximum atomic E-state index is 11.8. The largest absolute Gasteiger partial charge is 0.390 e. The number of hydrogen-bond donors (Lipinski definition) is 1. The summed E-state index contributed by atoms with van der Waals surface area (Å²) in [5.41, 5.74) is 0.309. The van der Waals surface area contributed by atoms with Crippen molar-refractivity contribution in [3.63, 3.8) is 0 Å². The van der Waals surface area contributed by atoms with Gasteiger partial charge in [0.2, 0.25) is 0 Å². The average Bonchev–Trinajstić information content (AvgIpc) is 2.56. The van der Waals surface area contributed by atoms with Crippen molar-refractivity contribution < 1.29 is 5.11 Å². The van der Waals surface area contributed by atoms with Crippen molar-refractivity contribution in [2.75, 3.05) is 0 Å². The first kappa shape index (κ1) is 10.6. The van der Waals surface area contributed by atoms with E-state index in [-0.39, 0.29) is 12.3 Å². The summed E-state index contributed by atoms with van der Waals surface area (Å²) in [6.07, 6.45) is 3.17. The lowest BCUT2D eigenvalue weighted by molar-refractivity contribution is 0.272. The monoisotopic (exact) mass is 220 g/mol. The normalized spacial score (nSPS) is 10.7. The van der Waals surface area contributed by atoms with E-state index in [9.17, 15) is 4.79 Å². The Morgan fingerprint density at radius 2 is 2.25 bits per heavy atom. The Labute approximate surface area is 91.8 Å². The second kappa shape index (κ2) is 3.90. The molecule has 16 heavy (non-hydrogen) atoms. The number of imidazole rings is 1. The smallest absolute Gasteiger partial charge is 0.333 e. The summed E-state index contributed by atoms with van der Waals surface area (Å²) < 4.78 is 2.78. The summed E-state index contributed by atoms with van der Waals surface area (Å²) in [6.45, 7) is 1.58. The van der Waals surface area contributed by atoms with Crippen molar-refractivity contribution in [2.45, 2.75) is 13.5 Å². The van der Waals surface area contributed by atoms with E-state index >= 15 is 0 Å². The predicted molar refractivity (Wildman–Crippen MR) is 57.3 cm³/mol. The molecule has 6 heteroatoms. The van der Waals surface area contributed by atoms with Gasteiger partial charge in [0, 0.05) is 19.4 Å². The second-order valence-electron chi connectivity index (χ2n) is 3.45. The number of aliphatic hydroxyl groups is 1. The van der Waals surface area contributed by atoms with Crippen LogP contribution in [0.15, 0.2) is 23.3 Å². The van der Waals surface area contributed by atoms with E-state index in [0.29, 0.717) is 17.3 Å². The van der Waals surface area contributed by atoms with Crippen LogP contribution in [-0.4, -0.2) is 24.2 Å². The summed E-state index contributed by atoms with van der Waals surface area (Å²) in [5, 5.41) is 9.05. The molecule has 0 bridgehead atoms. The quantitative estimate of drug-likeness (QED) is 0.758. The minimum atomic E-state index is -0.234. The molecule has 0 aromatic carbocycles. The highest BCUT2D eigenvalue weighted by atomic mass is 16.3. The number of aryl methyl sites for hydroxylation is 1. The lowest BCUT2D eigenvalue weighted by atomic mass is 10.5. The van der Waals surface area contributed by atoms with Gasteiger partial charge in [-0.25, -0.2) is 14.8 Å². The van der Waals surface area contributed by atoms with Crippen molar-refractivity contribution >= 4 is 0 Å². The van der Waals surface area contributed by atoms with E-state index in [1.807, 2.05) is 0 Å². The Morgan fingerprint density at radius 3 is 2.81 bits per heavy atom. The van der Waals surface area contributed by atoms with Crippen LogP contribution in [0.4, 0.5) is 0 Å². The number of hydrogen-bond acceptors (Lipinski definition) is 4. The van der Waals surface area contributed by atoms with E-state index in [1.54, 1.807) is 32.4 Å². The fourth-order valence-corrected chi connectivity index (χ4v) is 1.46. The Bertz CT molecular complexity index is 570. The molecule has 0 atom stereocenters. The van der Waals surface area contributed by atoms with Crippen molar-refractivity contribution in [2.24, 2.45) is 7.05 Å². The van der Waals surface area contributed by atoms with E-state index in [0.717, 1.165) is 0 Å². The Hall–Kier alpha value is -1.95. The zero-order chi connectivity index (χ0) is 11.7. The first-order valence-corrected chi connectivity index (χ1v) is 4.81. The van der Waals surface area contributed by atoms with E-state index in [1.165, 1.54) is 9.13 Å². The van der Waals surface area contributed by atoms with Gasteiger partial charge in [-0.15, -0.1) is 0 Å². The molecule has 0 radical (unpaired) electrons. The van der Waals surface area contributed by atoms with Crippen molar-refractivity contribution in [1.29, 1.82) is 0 Å². The first-order chi connectivity index (χ1) is 7.63. The minimum Gasteiger partial charge on any atom is -0.390 e. The molecule has 0 aliphatic carbocycles. The molecule has 0 aliphatic heterocycles. The van der Waals surface area contributed by atoms with Crippen molar-refractivity contribution in [3.05, 3.63) is 40.5 Å². The van der Waals surface area contributed by atoms with Gasteiger partial charge in [0.15, 0.2) is 0 Å². The summed E-state index contributed by atoms with van der Waals surface area (Å²) in [5.74, 6) is 1.10. The molecule has 0 aliphatic rings. The zero-order valence-corrected chi connectivity index (χ0v) is 9.08. The highest BCUT2D eigenvalue weighted by molar-refractivity contribution is 5.22. The van der Waals surface area contributed by atoms with Crippen molar-refractivity contribution in [3.8, 4) is 5.82 Å². The standard InChI is InChI=1S/C10H12N4O2/c1-7-11-4-3-9(12-7)14-5-8(6-15)13(2)10(14)16/h3-5,15H,6H2,1-2H3. The van der Waals surface area contributed by atoms with Crippen LogP contribution in [0, 0.1) is 6.92 Å². The molecule has 2 rings (SSSR count). The molecular formula is C10H12N4O2. The lowest BCUT2D eigenvalue weighted by Gasteiger charge is -1.99. The summed E-state index contributed by atoms with van der Waals surface area (Å²) >= 11 is 0. The van der Waals surface area contributed by atoms with Gasteiger partial charge in [-0.1, -0.05) is 0 Å². The van der Waals surface area contributed by atoms with E-state index in [2.05, 4.69) is 9.97 Å². The van der Waals surface area contributed by atoms with Gasteiger partial charge in [0.1, 0.15) is 11.6 Å². The summed E-state index contributed by atoms with van der Waals surface area (Å²) in [6, 6.07) is 1.65. The lowest BCUT2D eigenvalue weighted by Crippen LogP contribution is -2.22. The third-order valence-electron chi connectivity index (χ3n) is 2.37. The van der Waals surface area contributed by atoms with Gasteiger partial charge < -0.3 is 5.11 Å². The summed E-state index contributed by atoms with van der Waals surface area (Å²) in [4.78, 5) is 19.9. The third-order valence-corrected chi connectivity index (χ3v) is 2.37. The fourth-order valence-electron chi connectivity index (χ4n) is 1.46. The van der Waals surface area contributed by atoms with Crippen molar-refractivity contribution in [1.82, 2.24) is 19.1 Å². The van der Waals surface area contributed by atoms with Crippen LogP contribution >= 0.6 is 0 Å². The van der Waals surface area contributed by atoms with Gasteiger partial charge in [-0.3, -0.25) is 9.13 Å². The molecule has 0 unspecified atom stereocenters. The molecule has 6 nitrogen and oxygen atoms in total. The van der Waals surface area contributed by atoms with Crippen LogP contribution < -0.4 is 5.69 Å². The number of nitrogens with zero attached hydrogens (tertiary/aromatic N) is 4. The predicted octanol–water partition coefficient (Wildman–Crippen LogP) is -0.233. The Morgan fingerprint density at radius 1 is 1.50 bits per heavy atom. The highest BCUT2D eigenvalue weighted by Gasteiger charge is 2.09. The molecule has 2 aromatic rings. The molecule has 0 saturated carbocycles. The van der Waals surface area contributed by atoms with Gasteiger partial charge >= 0.3 is 5.69 Å². The minimum absolute atomic E-state index is 0.178. The molecule has 0 saturated heterocycles. The molecule has 84 valence electrons. The average molecular weight is 220 g/mol. The van der Waals surface area contributed by atoms with Crippen LogP contribution in [0.5, 0.6) is 0 Å². The van der Waals surface area contributed by atoms with Crippen LogP contribution in [0.2, 0.25) is 0 Å². The molecule has 1 N–H and O–H groups in total. The SMILES string of the molecule is Cc1nccc(-n2cc(CO)n(C)c2=O)n1.